The van der Waals surface area contributed by atoms with Gasteiger partial charge in [-0.1, -0.05) is 41.9 Å². The fourth-order valence-electron chi connectivity index (χ4n) is 3.89. The van der Waals surface area contributed by atoms with Crippen LogP contribution in [-0.4, -0.2) is 73.6 Å². The van der Waals surface area contributed by atoms with Gasteiger partial charge >= 0.3 is 6.03 Å². The van der Waals surface area contributed by atoms with Crippen molar-refractivity contribution in [1.29, 1.82) is 0 Å². The van der Waals surface area contributed by atoms with Gasteiger partial charge in [-0.15, -0.1) is 0 Å². The van der Waals surface area contributed by atoms with E-state index in [1.807, 2.05) is 29.2 Å². The lowest BCUT2D eigenvalue weighted by atomic mass is 10.1. The minimum Gasteiger partial charge on any atom is -0.378 e. The topological polar surface area (TPSA) is 79.1 Å². The van der Waals surface area contributed by atoms with Crippen molar-refractivity contribution >= 4 is 29.1 Å². The number of hydrogen-bond donors (Lipinski definition) is 1. The van der Waals surface area contributed by atoms with Crippen LogP contribution >= 0.6 is 11.6 Å². The molecule has 0 unspecified atom stereocenters. The number of carbonyl (C=O) groups is 2. The fraction of sp³-hybridized carbons (Fsp3) is 0.391. The van der Waals surface area contributed by atoms with E-state index < -0.39 is 0 Å². The molecule has 2 N–H and O–H groups in total. The molecule has 2 aromatic rings. The van der Waals surface area contributed by atoms with Crippen LogP contribution in [-0.2, 0) is 11.3 Å². The van der Waals surface area contributed by atoms with Crippen LogP contribution in [0.15, 0.2) is 48.5 Å². The minimum absolute atomic E-state index is 0.0224. The normalized spacial score (nSPS) is 17.3. The summed E-state index contributed by atoms with van der Waals surface area (Å²) in [6, 6.07) is 15.0. The number of ether oxygens (including phenoxy) is 1. The largest absolute Gasteiger partial charge is 0.378 e. The predicted octanol–water partition coefficient (Wildman–Crippen LogP) is 2.62. The van der Waals surface area contributed by atoms with Crippen LogP contribution in [0.2, 0.25) is 5.02 Å². The third kappa shape index (κ3) is 5.07. The Morgan fingerprint density at radius 1 is 1.06 bits per heavy atom. The highest BCUT2D eigenvalue weighted by atomic mass is 35.5. The van der Waals surface area contributed by atoms with Gasteiger partial charge in [0, 0.05) is 42.5 Å². The number of ketones is 1. The SMILES string of the molecule is NCC(=O)c1ccc(CN(C(=O)N2CCN(C3COC3)CC2)c2cccc(Cl)c2)cc1. The van der Waals surface area contributed by atoms with Crippen LogP contribution in [0.4, 0.5) is 10.5 Å². The molecule has 0 aliphatic carbocycles. The molecule has 7 nitrogen and oxygen atoms in total. The lowest BCUT2D eigenvalue weighted by Crippen LogP contribution is -2.59. The first-order chi connectivity index (χ1) is 15.0. The van der Waals surface area contributed by atoms with Gasteiger partial charge in [-0.3, -0.25) is 14.6 Å². The molecule has 2 aliphatic heterocycles. The molecular formula is C23H27ClN4O3. The Morgan fingerprint density at radius 3 is 2.35 bits per heavy atom. The van der Waals surface area contributed by atoms with E-state index in [-0.39, 0.29) is 18.4 Å². The van der Waals surface area contributed by atoms with Gasteiger partial charge in [0.15, 0.2) is 5.78 Å². The Kier molecular flexibility index (Phi) is 6.87. The molecule has 2 heterocycles. The van der Waals surface area contributed by atoms with E-state index in [0.717, 1.165) is 37.6 Å². The zero-order valence-electron chi connectivity index (χ0n) is 17.4. The molecule has 0 radical (unpaired) electrons. The molecule has 164 valence electrons. The second kappa shape index (κ2) is 9.78. The standard InChI is InChI=1S/C23H27ClN4O3/c24-19-2-1-3-20(12-19)28(14-17-4-6-18(7-5-17)22(29)13-25)23(30)27-10-8-26(9-11-27)21-15-31-16-21/h1-7,12,21H,8-11,13-16,25H2. The summed E-state index contributed by atoms with van der Waals surface area (Å²) < 4.78 is 5.30. The van der Waals surface area contributed by atoms with Crippen molar-refractivity contribution in [2.75, 3.05) is 50.8 Å². The number of benzene rings is 2. The number of piperazine rings is 1. The molecule has 2 amide bonds. The zero-order chi connectivity index (χ0) is 21.8. The van der Waals surface area contributed by atoms with Crippen molar-refractivity contribution in [2.24, 2.45) is 5.73 Å². The summed E-state index contributed by atoms with van der Waals surface area (Å²) in [5.74, 6) is -0.107. The highest BCUT2D eigenvalue weighted by molar-refractivity contribution is 6.30. The predicted molar refractivity (Wildman–Crippen MR) is 121 cm³/mol. The average Bonchev–Trinajstić information content (AvgIpc) is 2.76. The first kappa shape index (κ1) is 21.8. The number of anilines is 1. The lowest BCUT2D eigenvalue weighted by molar-refractivity contribution is -0.0738. The van der Waals surface area contributed by atoms with E-state index in [9.17, 15) is 9.59 Å². The lowest BCUT2D eigenvalue weighted by Gasteiger charge is -2.43. The van der Waals surface area contributed by atoms with Crippen molar-refractivity contribution in [3.05, 3.63) is 64.7 Å². The molecule has 8 heteroatoms. The summed E-state index contributed by atoms with van der Waals surface area (Å²) in [5, 5.41) is 0.578. The van der Waals surface area contributed by atoms with Gasteiger partial charge in [0.1, 0.15) is 0 Å². The number of halogens is 1. The first-order valence-corrected chi connectivity index (χ1v) is 10.9. The smallest absolute Gasteiger partial charge is 0.324 e. The highest BCUT2D eigenvalue weighted by Crippen LogP contribution is 2.24. The van der Waals surface area contributed by atoms with E-state index in [1.54, 1.807) is 29.2 Å². The number of amides is 2. The Labute approximate surface area is 187 Å². The van der Waals surface area contributed by atoms with E-state index in [2.05, 4.69) is 4.90 Å². The van der Waals surface area contributed by atoms with Gasteiger partial charge in [-0.25, -0.2) is 4.79 Å². The van der Waals surface area contributed by atoms with E-state index >= 15 is 0 Å². The Morgan fingerprint density at radius 2 is 1.77 bits per heavy atom. The highest BCUT2D eigenvalue weighted by Gasteiger charge is 2.32. The molecule has 2 aliphatic rings. The van der Waals surface area contributed by atoms with E-state index in [0.29, 0.717) is 36.3 Å². The van der Waals surface area contributed by atoms with Crippen LogP contribution in [0, 0.1) is 0 Å². The molecule has 31 heavy (non-hydrogen) atoms. The number of nitrogens with zero attached hydrogens (tertiary/aromatic N) is 3. The van der Waals surface area contributed by atoms with Crippen LogP contribution in [0.5, 0.6) is 0 Å². The molecule has 2 saturated heterocycles. The number of carbonyl (C=O) groups excluding carboxylic acids is 2. The summed E-state index contributed by atoms with van der Waals surface area (Å²) in [6.45, 7) is 4.97. The van der Waals surface area contributed by atoms with Gasteiger partial charge < -0.3 is 15.4 Å². The van der Waals surface area contributed by atoms with Gasteiger partial charge in [0.2, 0.25) is 0 Å². The summed E-state index contributed by atoms with van der Waals surface area (Å²) in [4.78, 5) is 31.3. The molecule has 2 aromatic carbocycles. The third-order valence-corrected chi connectivity index (χ3v) is 6.11. The molecule has 0 saturated carbocycles. The first-order valence-electron chi connectivity index (χ1n) is 10.5. The average molecular weight is 443 g/mol. The van der Waals surface area contributed by atoms with Crippen LogP contribution in [0.25, 0.3) is 0 Å². The summed E-state index contributed by atoms with van der Waals surface area (Å²) in [7, 11) is 0. The number of hydrogen-bond acceptors (Lipinski definition) is 5. The second-order valence-corrected chi connectivity index (χ2v) is 8.32. The van der Waals surface area contributed by atoms with Crippen molar-refractivity contribution in [1.82, 2.24) is 9.80 Å². The minimum atomic E-state index is -0.107. The molecule has 0 atom stereocenters. The van der Waals surface area contributed by atoms with Gasteiger partial charge in [0.25, 0.3) is 0 Å². The molecule has 4 rings (SSSR count). The van der Waals surface area contributed by atoms with Gasteiger partial charge in [0.05, 0.1) is 32.3 Å². The van der Waals surface area contributed by atoms with Crippen molar-refractivity contribution in [3.8, 4) is 0 Å². The third-order valence-electron chi connectivity index (χ3n) is 5.87. The summed E-state index contributed by atoms with van der Waals surface area (Å²) in [6.07, 6.45) is 0. The van der Waals surface area contributed by atoms with Crippen molar-refractivity contribution in [3.63, 3.8) is 0 Å². The maximum absolute atomic E-state index is 13.5. The number of urea groups is 1. The maximum atomic E-state index is 13.5. The molecule has 0 spiro atoms. The molecular weight excluding hydrogens is 416 g/mol. The van der Waals surface area contributed by atoms with Crippen molar-refractivity contribution < 1.29 is 14.3 Å². The molecule has 0 bridgehead atoms. The summed E-state index contributed by atoms with van der Waals surface area (Å²) >= 11 is 6.21. The van der Waals surface area contributed by atoms with Crippen LogP contribution in [0.1, 0.15) is 15.9 Å². The monoisotopic (exact) mass is 442 g/mol. The maximum Gasteiger partial charge on any atom is 0.324 e. The molecule has 2 fully saturated rings. The van der Waals surface area contributed by atoms with Crippen LogP contribution in [0.3, 0.4) is 0 Å². The number of rotatable bonds is 6. The Balaban J connectivity index is 1.50. The van der Waals surface area contributed by atoms with Gasteiger partial charge in [-0.05, 0) is 23.8 Å². The zero-order valence-corrected chi connectivity index (χ0v) is 18.1. The summed E-state index contributed by atoms with van der Waals surface area (Å²) in [5.41, 5.74) is 7.69. The van der Waals surface area contributed by atoms with Crippen molar-refractivity contribution in [2.45, 2.75) is 12.6 Å². The fourth-order valence-corrected chi connectivity index (χ4v) is 4.08. The second-order valence-electron chi connectivity index (χ2n) is 7.89. The number of nitrogens with two attached hydrogens (primary N) is 1. The Bertz CT molecular complexity index is 925. The molecule has 0 aromatic heterocycles. The quantitative estimate of drug-likeness (QED) is 0.696. The van der Waals surface area contributed by atoms with E-state index in [1.165, 1.54) is 0 Å². The van der Waals surface area contributed by atoms with Crippen LogP contribution < -0.4 is 10.6 Å². The van der Waals surface area contributed by atoms with Gasteiger partial charge in [-0.2, -0.15) is 0 Å². The Hall–Kier alpha value is -2.45. The number of Topliss-reactive ketones (excluding diaryl/α,β-unsaturated/α-hetero) is 1. The van der Waals surface area contributed by atoms with E-state index in [4.69, 9.17) is 22.1 Å².